The molecule has 0 heterocycles. The summed E-state index contributed by atoms with van der Waals surface area (Å²) in [6.45, 7) is 6.57. The van der Waals surface area contributed by atoms with E-state index in [1.807, 2.05) is 26.8 Å². The third-order valence-electron chi connectivity index (χ3n) is 2.45. The van der Waals surface area contributed by atoms with Crippen molar-refractivity contribution in [3.05, 3.63) is 28.8 Å². The Balaban J connectivity index is 2.63. The predicted octanol–water partition coefficient (Wildman–Crippen LogP) is 4.86. The van der Waals surface area contributed by atoms with Crippen LogP contribution >= 0.6 is 23.4 Å². The van der Waals surface area contributed by atoms with Gasteiger partial charge in [0.15, 0.2) is 0 Å². The summed E-state index contributed by atoms with van der Waals surface area (Å²) < 4.78 is 41.6. The maximum atomic E-state index is 12.1. The molecule has 0 fully saturated rings. The van der Waals surface area contributed by atoms with Crippen molar-refractivity contribution < 1.29 is 17.9 Å². The monoisotopic (exact) mass is 341 g/mol. The van der Waals surface area contributed by atoms with E-state index in [1.165, 1.54) is 0 Å². The Morgan fingerprint density at radius 3 is 2.48 bits per heavy atom. The zero-order valence-electron chi connectivity index (χ0n) is 12.2. The molecule has 0 spiro atoms. The number of halogens is 4. The van der Waals surface area contributed by atoms with Gasteiger partial charge in [0.05, 0.1) is 11.6 Å². The Bertz CT molecular complexity index is 461. The maximum Gasteiger partial charge on any atom is 0.441 e. The fraction of sp³-hybridized carbons (Fsp3) is 0.571. The fourth-order valence-electron chi connectivity index (χ4n) is 1.52. The van der Waals surface area contributed by atoms with E-state index in [2.05, 4.69) is 5.32 Å². The first-order valence-corrected chi connectivity index (χ1v) is 7.81. The van der Waals surface area contributed by atoms with Crippen molar-refractivity contribution in [2.75, 3.05) is 12.4 Å². The highest BCUT2D eigenvalue weighted by atomic mass is 35.5. The van der Waals surface area contributed by atoms with Gasteiger partial charge in [-0.05, 0) is 38.6 Å². The molecule has 0 saturated carbocycles. The number of benzene rings is 1. The molecule has 0 aliphatic rings. The van der Waals surface area contributed by atoms with E-state index < -0.39 is 5.51 Å². The maximum absolute atomic E-state index is 12.1. The van der Waals surface area contributed by atoms with Crippen LogP contribution < -0.4 is 10.1 Å². The molecule has 0 aliphatic heterocycles. The summed E-state index contributed by atoms with van der Waals surface area (Å²) in [5, 5.41) is 3.70. The van der Waals surface area contributed by atoms with Crippen LogP contribution in [0.3, 0.4) is 0 Å². The average molecular weight is 342 g/mol. The number of hydrogen-bond acceptors (Lipinski definition) is 3. The van der Waals surface area contributed by atoms with Gasteiger partial charge in [-0.2, -0.15) is 13.2 Å². The predicted molar refractivity (Wildman–Crippen MR) is 82.1 cm³/mol. The second-order valence-corrected chi connectivity index (χ2v) is 7.04. The van der Waals surface area contributed by atoms with Crippen molar-refractivity contribution in [2.24, 2.45) is 0 Å². The van der Waals surface area contributed by atoms with Gasteiger partial charge in [0.1, 0.15) is 5.75 Å². The van der Waals surface area contributed by atoms with Gasteiger partial charge in [0, 0.05) is 23.4 Å². The molecule has 0 radical (unpaired) electrons. The lowest BCUT2D eigenvalue weighted by Crippen LogP contribution is -2.35. The highest BCUT2D eigenvalue weighted by molar-refractivity contribution is 8.00. The molecule has 0 saturated heterocycles. The molecule has 1 aromatic rings. The van der Waals surface area contributed by atoms with Crippen LogP contribution in [0.1, 0.15) is 26.3 Å². The largest absolute Gasteiger partial charge is 0.491 e. The van der Waals surface area contributed by atoms with Crippen LogP contribution in [0, 0.1) is 0 Å². The van der Waals surface area contributed by atoms with Crippen molar-refractivity contribution in [3.8, 4) is 5.75 Å². The van der Waals surface area contributed by atoms with Crippen LogP contribution in [-0.2, 0) is 6.54 Å². The molecular weight excluding hydrogens is 323 g/mol. The molecule has 120 valence electrons. The number of para-hydroxylation sites is 1. The summed E-state index contributed by atoms with van der Waals surface area (Å²) in [4.78, 5) is 0. The molecular formula is C14H19ClF3NOS. The third-order valence-corrected chi connectivity index (χ3v) is 3.45. The molecule has 2 nitrogen and oxygen atoms in total. The first-order valence-electron chi connectivity index (χ1n) is 6.44. The summed E-state index contributed by atoms with van der Waals surface area (Å²) in [6.07, 6.45) is 0. The van der Waals surface area contributed by atoms with Gasteiger partial charge in [-0.15, -0.1) is 0 Å². The van der Waals surface area contributed by atoms with Gasteiger partial charge in [-0.25, -0.2) is 0 Å². The minimum Gasteiger partial charge on any atom is -0.491 e. The van der Waals surface area contributed by atoms with Crippen molar-refractivity contribution in [3.63, 3.8) is 0 Å². The van der Waals surface area contributed by atoms with Crippen LogP contribution in [0.2, 0.25) is 5.02 Å². The van der Waals surface area contributed by atoms with Gasteiger partial charge >= 0.3 is 5.51 Å². The van der Waals surface area contributed by atoms with E-state index in [4.69, 9.17) is 16.3 Å². The molecule has 0 bridgehead atoms. The molecule has 0 aromatic heterocycles. The fourth-order valence-corrected chi connectivity index (χ4v) is 2.16. The number of ether oxygens (including phenoxy) is 1. The Kier molecular flexibility index (Phi) is 6.69. The van der Waals surface area contributed by atoms with Crippen molar-refractivity contribution in [1.82, 2.24) is 5.32 Å². The quantitative estimate of drug-likeness (QED) is 0.747. The highest BCUT2D eigenvalue weighted by Gasteiger charge is 2.27. The number of rotatable bonds is 6. The topological polar surface area (TPSA) is 21.3 Å². The lowest BCUT2D eigenvalue weighted by molar-refractivity contribution is -0.0329. The summed E-state index contributed by atoms with van der Waals surface area (Å²) in [7, 11) is 0. The number of thioether (sulfide) groups is 1. The average Bonchev–Trinajstić information content (AvgIpc) is 2.31. The van der Waals surface area contributed by atoms with Gasteiger partial charge in [-0.1, -0.05) is 23.7 Å². The van der Waals surface area contributed by atoms with E-state index in [9.17, 15) is 13.2 Å². The Labute approximate surface area is 132 Å². The van der Waals surface area contributed by atoms with Crippen molar-refractivity contribution in [1.29, 1.82) is 0 Å². The zero-order valence-corrected chi connectivity index (χ0v) is 13.8. The van der Waals surface area contributed by atoms with Crippen LogP contribution in [0.4, 0.5) is 13.2 Å². The van der Waals surface area contributed by atoms with Crippen LogP contribution in [0.15, 0.2) is 18.2 Å². The van der Waals surface area contributed by atoms with Crippen molar-refractivity contribution in [2.45, 2.75) is 38.4 Å². The Morgan fingerprint density at radius 1 is 1.24 bits per heavy atom. The zero-order chi connectivity index (χ0) is 16.1. The highest BCUT2D eigenvalue weighted by Crippen LogP contribution is 2.32. The summed E-state index contributed by atoms with van der Waals surface area (Å²) in [5.41, 5.74) is -3.49. The molecule has 1 rings (SSSR count). The van der Waals surface area contributed by atoms with Crippen LogP contribution in [0.5, 0.6) is 5.75 Å². The van der Waals surface area contributed by atoms with Crippen LogP contribution in [0.25, 0.3) is 0 Å². The SMILES string of the molecule is CC(C)(C)NCc1cccc(Cl)c1OCCSC(F)(F)F. The Hall–Kier alpha value is -0.590. The first kappa shape index (κ1) is 18.5. The molecule has 0 unspecified atom stereocenters. The lowest BCUT2D eigenvalue weighted by atomic mass is 10.1. The normalized spacial score (nSPS) is 12.5. The van der Waals surface area contributed by atoms with E-state index in [-0.39, 0.29) is 29.7 Å². The van der Waals surface area contributed by atoms with E-state index in [0.717, 1.165) is 5.56 Å². The first-order chi connectivity index (χ1) is 9.58. The van der Waals surface area contributed by atoms with Crippen LogP contribution in [-0.4, -0.2) is 23.4 Å². The number of alkyl halides is 3. The minimum atomic E-state index is -4.24. The number of nitrogens with one attached hydrogen (secondary N) is 1. The summed E-state index contributed by atoms with van der Waals surface area (Å²) >= 11 is 5.96. The molecule has 1 aromatic carbocycles. The van der Waals surface area contributed by atoms with Crippen molar-refractivity contribution >= 4 is 23.4 Å². The summed E-state index contributed by atoms with van der Waals surface area (Å²) in [5.74, 6) is 0.277. The standard InChI is InChI=1S/C14H19ClF3NOS/c1-13(2,3)19-9-10-5-4-6-11(15)12(10)20-7-8-21-14(16,17)18/h4-6,19H,7-9H2,1-3H3. The van der Waals surface area contributed by atoms with Gasteiger partial charge in [0.25, 0.3) is 0 Å². The second kappa shape index (κ2) is 7.61. The molecule has 7 heteroatoms. The van der Waals surface area contributed by atoms with Gasteiger partial charge in [-0.3, -0.25) is 0 Å². The van der Waals surface area contributed by atoms with E-state index >= 15 is 0 Å². The number of hydrogen-bond donors (Lipinski definition) is 1. The smallest absolute Gasteiger partial charge is 0.441 e. The Morgan fingerprint density at radius 2 is 1.90 bits per heavy atom. The van der Waals surface area contributed by atoms with E-state index in [1.54, 1.807) is 12.1 Å². The molecule has 21 heavy (non-hydrogen) atoms. The third kappa shape index (κ3) is 7.83. The van der Waals surface area contributed by atoms with Gasteiger partial charge in [0.2, 0.25) is 0 Å². The molecule has 0 atom stereocenters. The molecule has 0 amide bonds. The van der Waals surface area contributed by atoms with E-state index in [0.29, 0.717) is 17.3 Å². The minimum absolute atomic E-state index is 0.0452. The lowest BCUT2D eigenvalue weighted by Gasteiger charge is -2.22. The van der Waals surface area contributed by atoms with Gasteiger partial charge < -0.3 is 10.1 Å². The second-order valence-electron chi connectivity index (χ2n) is 5.47. The summed E-state index contributed by atoms with van der Waals surface area (Å²) in [6, 6.07) is 5.30. The molecule has 0 aliphatic carbocycles. The molecule has 1 N–H and O–H groups in total.